The van der Waals surface area contributed by atoms with Crippen molar-refractivity contribution >= 4 is 28.3 Å². The summed E-state index contributed by atoms with van der Waals surface area (Å²) in [5.74, 6) is 0.444. The first kappa shape index (κ1) is 21.8. The lowest BCUT2D eigenvalue weighted by molar-refractivity contribution is -0.134. The van der Waals surface area contributed by atoms with Crippen LogP contribution in [0.1, 0.15) is 42.0 Å². The van der Waals surface area contributed by atoms with Gasteiger partial charge >= 0.3 is 0 Å². The number of amides is 2. The van der Waals surface area contributed by atoms with Gasteiger partial charge in [-0.1, -0.05) is 43.7 Å². The average molecular weight is 441 g/mol. The molecule has 1 N–H and O–H groups in total. The van der Waals surface area contributed by atoms with Crippen molar-refractivity contribution < 1.29 is 9.59 Å². The molecule has 7 heteroatoms. The van der Waals surface area contributed by atoms with Crippen molar-refractivity contribution in [2.45, 2.75) is 46.6 Å². The number of hydrogen-bond acceptors (Lipinski definition) is 5. The summed E-state index contributed by atoms with van der Waals surface area (Å²) in [6, 6.07) is 8.29. The zero-order valence-corrected chi connectivity index (χ0v) is 19.5. The molecule has 0 spiro atoms. The van der Waals surface area contributed by atoms with Gasteiger partial charge in [0.15, 0.2) is 5.13 Å². The summed E-state index contributed by atoms with van der Waals surface area (Å²) in [5.41, 5.74) is 3.51. The van der Waals surface area contributed by atoms with Crippen LogP contribution in [0.15, 0.2) is 24.3 Å². The maximum atomic E-state index is 12.7. The van der Waals surface area contributed by atoms with Crippen LogP contribution in [0.3, 0.4) is 0 Å². The highest BCUT2D eigenvalue weighted by Crippen LogP contribution is 2.34. The first-order chi connectivity index (χ1) is 14.9. The van der Waals surface area contributed by atoms with Crippen LogP contribution < -0.4 is 10.2 Å². The van der Waals surface area contributed by atoms with E-state index in [1.165, 1.54) is 10.4 Å². The summed E-state index contributed by atoms with van der Waals surface area (Å²) >= 11 is 1.73. The monoisotopic (exact) mass is 440 g/mol. The fraction of sp³-hybridized carbons (Fsp3) is 0.542. The SMILES string of the molecule is Cc1ccc(CNC(=O)[C@H]2CCc3nc(N4CCN(C(=O)C(C)C)CC4)sc3C2)cc1. The molecule has 2 aromatic rings. The van der Waals surface area contributed by atoms with Crippen LogP contribution in [0.4, 0.5) is 5.13 Å². The number of carbonyl (C=O) groups is 2. The lowest BCUT2D eigenvalue weighted by Gasteiger charge is -2.35. The lowest BCUT2D eigenvalue weighted by atomic mass is 9.90. The van der Waals surface area contributed by atoms with E-state index in [2.05, 4.69) is 41.4 Å². The molecular weight excluding hydrogens is 408 g/mol. The Hall–Kier alpha value is -2.41. The number of aromatic nitrogens is 1. The standard InChI is InChI=1S/C24H32N4O2S/c1-16(2)23(30)27-10-12-28(13-11-27)24-26-20-9-8-19(14-21(20)31-24)22(29)25-15-18-6-4-17(3)5-7-18/h4-7,16,19H,8-15H2,1-3H3,(H,25,29)/t19-/m0/s1. The summed E-state index contributed by atoms with van der Waals surface area (Å²) in [6.45, 7) is 9.72. The van der Waals surface area contributed by atoms with Crippen LogP contribution in [0.5, 0.6) is 0 Å². The maximum absolute atomic E-state index is 12.7. The van der Waals surface area contributed by atoms with E-state index in [-0.39, 0.29) is 23.7 Å². The van der Waals surface area contributed by atoms with Crippen LogP contribution in [0.25, 0.3) is 0 Å². The molecule has 6 nitrogen and oxygen atoms in total. The quantitative estimate of drug-likeness (QED) is 0.776. The molecule has 2 amide bonds. The van der Waals surface area contributed by atoms with Gasteiger partial charge in [-0.15, -0.1) is 11.3 Å². The van der Waals surface area contributed by atoms with Crippen molar-refractivity contribution in [3.05, 3.63) is 46.0 Å². The van der Waals surface area contributed by atoms with Crippen LogP contribution in [0.2, 0.25) is 0 Å². The minimum absolute atomic E-state index is 0.0201. The number of piperazine rings is 1. The van der Waals surface area contributed by atoms with E-state index in [0.29, 0.717) is 6.54 Å². The van der Waals surface area contributed by atoms with Crippen LogP contribution >= 0.6 is 11.3 Å². The second kappa shape index (κ2) is 9.39. The molecule has 1 aromatic carbocycles. The summed E-state index contributed by atoms with van der Waals surface area (Å²) in [5, 5.41) is 4.15. The van der Waals surface area contributed by atoms with E-state index >= 15 is 0 Å². The predicted octanol–water partition coefficient (Wildman–Crippen LogP) is 3.18. The Morgan fingerprint density at radius 1 is 1.16 bits per heavy atom. The van der Waals surface area contributed by atoms with Crippen molar-refractivity contribution in [3.8, 4) is 0 Å². The van der Waals surface area contributed by atoms with Gasteiger partial charge in [0.05, 0.1) is 5.69 Å². The fourth-order valence-corrected chi connectivity index (χ4v) is 5.48. The number of hydrogen-bond donors (Lipinski definition) is 1. The van der Waals surface area contributed by atoms with Crippen LogP contribution in [-0.2, 0) is 29.0 Å². The van der Waals surface area contributed by atoms with Crippen LogP contribution in [-0.4, -0.2) is 47.9 Å². The molecule has 4 rings (SSSR count). The molecule has 0 unspecified atom stereocenters. The Morgan fingerprint density at radius 3 is 2.55 bits per heavy atom. The molecule has 1 fully saturated rings. The van der Waals surface area contributed by atoms with Gasteiger partial charge in [-0.2, -0.15) is 0 Å². The Labute approximate surface area is 188 Å². The van der Waals surface area contributed by atoms with Gasteiger partial charge in [-0.05, 0) is 31.7 Å². The van der Waals surface area contributed by atoms with E-state index in [4.69, 9.17) is 4.98 Å². The number of benzene rings is 1. The molecule has 1 saturated heterocycles. The highest BCUT2D eigenvalue weighted by molar-refractivity contribution is 7.15. The molecule has 1 aromatic heterocycles. The Balaban J connectivity index is 1.32. The van der Waals surface area contributed by atoms with E-state index in [9.17, 15) is 9.59 Å². The van der Waals surface area contributed by atoms with E-state index in [0.717, 1.165) is 61.8 Å². The Kier molecular flexibility index (Phi) is 6.60. The molecule has 0 saturated carbocycles. The van der Waals surface area contributed by atoms with Gasteiger partial charge in [-0.3, -0.25) is 9.59 Å². The van der Waals surface area contributed by atoms with Crippen molar-refractivity contribution in [1.29, 1.82) is 0 Å². The summed E-state index contributed by atoms with van der Waals surface area (Å²) in [4.78, 5) is 35.3. The number of aryl methyl sites for hydroxylation is 2. The third kappa shape index (κ3) is 5.09. The normalized spacial score (nSPS) is 18.8. The number of anilines is 1. The Bertz CT molecular complexity index is 930. The number of carbonyl (C=O) groups excluding carboxylic acids is 2. The van der Waals surface area contributed by atoms with Gasteiger partial charge in [0.1, 0.15) is 0 Å². The first-order valence-electron chi connectivity index (χ1n) is 11.3. The van der Waals surface area contributed by atoms with Gasteiger partial charge in [0.2, 0.25) is 11.8 Å². The molecule has 31 heavy (non-hydrogen) atoms. The summed E-state index contributed by atoms with van der Waals surface area (Å²) in [7, 11) is 0. The summed E-state index contributed by atoms with van der Waals surface area (Å²) < 4.78 is 0. The molecular formula is C24H32N4O2S. The van der Waals surface area contributed by atoms with Gasteiger partial charge in [0, 0.05) is 49.4 Å². The molecule has 0 radical (unpaired) electrons. The lowest BCUT2D eigenvalue weighted by Crippen LogP contribution is -2.49. The minimum Gasteiger partial charge on any atom is -0.352 e. The number of rotatable bonds is 5. The van der Waals surface area contributed by atoms with Crippen molar-refractivity contribution in [1.82, 2.24) is 15.2 Å². The number of fused-ring (bicyclic) bond motifs is 1. The topological polar surface area (TPSA) is 65.5 Å². The largest absolute Gasteiger partial charge is 0.352 e. The highest BCUT2D eigenvalue weighted by atomic mass is 32.1. The second-order valence-corrected chi connectivity index (χ2v) is 10.0. The highest BCUT2D eigenvalue weighted by Gasteiger charge is 2.30. The molecule has 1 aliphatic carbocycles. The fourth-order valence-electron chi connectivity index (χ4n) is 4.24. The molecule has 1 atom stereocenters. The van der Waals surface area contributed by atoms with Crippen molar-refractivity contribution in [2.24, 2.45) is 11.8 Å². The number of nitrogens with one attached hydrogen (secondary N) is 1. The van der Waals surface area contributed by atoms with Gasteiger partial charge < -0.3 is 15.1 Å². The summed E-state index contributed by atoms with van der Waals surface area (Å²) in [6.07, 6.45) is 2.49. The van der Waals surface area contributed by atoms with Gasteiger partial charge in [-0.25, -0.2) is 4.98 Å². The molecule has 2 aliphatic rings. The number of nitrogens with zero attached hydrogens (tertiary/aromatic N) is 3. The molecule has 1 aliphatic heterocycles. The third-order valence-corrected chi connectivity index (χ3v) is 7.42. The second-order valence-electron chi connectivity index (χ2n) is 8.98. The van der Waals surface area contributed by atoms with Crippen LogP contribution in [0, 0.1) is 18.8 Å². The van der Waals surface area contributed by atoms with Crippen molar-refractivity contribution in [2.75, 3.05) is 31.1 Å². The average Bonchev–Trinajstić information content (AvgIpc) is 3.21. The molecule has 0 bridgehead atoms. The van der Waals surface area contributed by atoms with Crippen molar-refractivity contribution in [3.63, 3.8) is 0 Å². The molecule has 166 valence electrons. The first-order valence-corrected chi connectivity index (χ1v) is 12.1. The third-order valence-electron chi connectivity index (χ3n) is 6.24. The van der Waals surface area contributed by atoms with Gasteiger partial charge in [0.25, 0.3) is 0 Å². The smallest absolute Gasteiger partial charge is 0.225 e. The zero-order chi connectivity index (χ0) is 22.0. The van der Waals surface area contributed by atoms with E-state index < -0.39 is 0 Å². The number of thiazole rings is 1. The Morgan fingerprint density at radius 2 is 1.87 bits per heavy atom. The molecule has 2 heterocycles. The minimum atomic E-state index is 0.0201. The maximum Gasteiger partial charge on any atom is 0.225 e. The predicted molar refractivity (Wildman–Crippen MR) is 124 cm³/mol. The zero-order valence-electron chi connectivity index (χ0n) is 18.7. The van der Waals surface area contributed by atoms with E-state index in [1.54, 1.807) is 11.3 Å². The van der Waals surface area contributed by atoms with E-state index in [1.807, 2.05) is 18.7 Å².